The Morgan fingerprint density at radius 3 is 3.05 bits per heavy atom. The van der Waals surface area contributed by atoms with Crippen LogP contribution in [-0.4, -0.2) is 35.5 Å². The van der Waals surface area contributed by atoms with Crippen LogP contribution >= 0.6 is 11.8 Å². The van der Waals surface area contributed by atoms with Crippen LogP contribution in [0.1, 0.15) is 28.3 Å². The highest BCUT2D eigenvalue weighted by molar-refractivity contribution is 7.99. The fourth-order valence-electron chi connectivity index (χ4n) is 2.59. The minimum absolute atomic E-state index is 0.122. The Morgan fingerprint density at radius 2 is 2.37 bits per heavy atom. The van der Waals surface area contributed by atoms with E-state index < -0.39 is 13.1 Å². The number of fused-ring (bicyclic) bond motifs is 3. The van der Waals surface area contributed by atoms with Crippen molar-refractivity contribution in [1.29, 1.82) is 0 Å². The van der Waals surface area contributed by atoms with Crippen LogP contribution in [0, 0.1) is 0 Å². The molecule has 1 heterocycles. The maximum absolute atomic E-state index is 11.5. The van der Waals surface area contributed by atoms with Crippen molar-refractivity contribution in [2.45, 2.75) is 23.1 Å². The Morgan fingerprint density at radius 1 is 1.58 bits per heavy atom. The van der Waals surface area contributed by atoms with Gasteiger partial charge in [0, 0.05) is 23.0 Å². The fourth-order valence-corrected chi connectivity index (χ4v) is 3.41. The van der Waals surface area contributed by atoms with Crippen molar-refractivity contribution in [3.05, 3.63) is 23.3 Å². The normalized spacial score (nSPS) is 23.4. The summed E-state index contributed by atoms with van der Waals surface area (Å²) < 4.78 is 5.43. The van der Waals surface area contributed by atoms with Gasteiger partial charge in [-0.25, -0.2) is 4.79 Å². The molecule has 1 saturated carbocycles. The topological polar surface area (TPSA) is 92.8 Å². The second-order valence-electron chi connectivity index (χ2n) is 4.81. The molecule has 0 aromatic heterocycles. The van der Waals surface area contributed by atoms with Gasteiger partial charge < -0.3 is 20.5 Å². The van der Waals surface area contributed by atoms with E-state index in [9.17, 15) is 14.9 Å². The average Bonchev–Trinajstić information content (AvgIpc) is 3.16. The van der Waals surface area contributed by atoms with Crippen LogP contribution in [0.3, 0.4) is 0 Å². The summed E-state index contributed by atoms with van der Waals surface area (Å²) in [6.45, 7) is 0.481. The van der Waals surface area contributed by atoms with Gasteiger partial charge in [-0.3, -0.25) is 0 Å². The van der Waals surface area contributed by atoms with Crippen molar-refractivity contribution >= 4 is 24.8 Å². The maximum Gasteiger partial charge on any atom is 0.526 e. The molecule has 5 nitrogen and oxygen atoms in total. The SMILES string of the molecule is NCCSc1ccc2c(c1C(=O)O)OB(O)C1CC21. The van der Waals surface area contributed by atoms with Crippen molar-refractivity contribution in [3.8, 4) is 5.75 Å². The zero-order chi connectivity index (χ0) is 13.6. The predicted molar refractivity (Wildman–Crippen MR) is 72.9 cm³/mol. The van der Waals surface area contributed by atoms with Crippen LogP contribution in [0.4, 0.5) is 0 Å². The third-order valence-electron chi connectivity index (χ3n) is 3.58. The summed E-state index contributed by atoms with van der Waals surface area (Å²) in [4.78, 5) is 12.1. The number of aromatic carboxylic acids is 1. The first-order valence-electron chi connectivity index (χ1n) is 6.21. The Hall–Kier alpha value is -1.18. The molecular formula is C12H14BNO4S. The third kappa shape index (κ3) is 2.11. The first-order chi connectivity index (χ1) is 9.13. The zero-order valence-corrected chi connectivity index (χ0v) is 11.0. The van der Waals surface area contributed by atoms with Crippen molar-refractivity contribution in [2.75, 3.05) is 12.3 Å². The number of carboxylic acid groups (broad SMARTS) is 1. The van der Waals surface area contributed by atoms with E-state index in [2.05, 4.69) is 0 Å². The van der Waals surface area contributed by atoms with Crippen LogP contribution in [0.2, 0.25) is 5.82 Å². The number of rotatable bonds is 4. The standard InChI is InChI=1S/C12H14BNO4S/c14-3-4-19-9-2-1-6-7-5-8(7)13(17)18-11(6)10(9)12(15)16/h1-2,7-8,17H,3-5,14H2,(H,15,16). The Balaban J connectivity index is 2.05. The average molecular weight is 279 g/mol. The van der Waals surface area contributed by atoms with Crippen molar-refractivity contribution in [3.63, 3.8) is 0 Å². The zero-order valence-electron chi connectivity index (χ0n) is 10.2. The molecule has 2 unspecified atom stereocenters. The van der Waals surface area contributed by atoms with Crippen LogP contribution in [0.25, 0.3) is 0 Å². The molecule has 0 amide bonds. The lowest BCUT2D eigenvalue weighted by Gasteiger charge is -2.22. The van der Waals surface area contributed by atoms with Crippen LogP contribution < -0.4 is 10.4 Å². The van der Waals surface area contributed by atoms with Crippen molar-refractivity contribution in [2.24, 2.45) is 5.73 Å². The van der Waals surface area contributed by atoms with E-state index in [-0.39, 0.29) is 17.3 Å². The maximum atomic E-state index is 11.5. The van der Waals surface area contributed by atoms with E-state index >= 15 is 0 Å². The quantitative estimate of drug-likeness (QED) is 0.566. The number of carbonyl (C=O) groups is 1. The number of carboxylic acids is 1. The Kier molecular flexibility index (Phi) is 3.20. The van der Waals surface area contributed by atoms with Crippen LogP contribution in [0.15, 0.2) is 17.0 Å². The molecule has 2 aliphatic rings. The van der Waals surface area contributed by atoms with E-state index in [0.717, 1.165) is 12.0 Å². The lowest BCUT2D eigenvalue weighted by atomic mass is 9.77. The summed E-state index contributed by atoms with van der Waals surface area (Å²) in [7, 11) is -0.884. The molecule has 19 heavy (non-hydrogen) atoms. The number of nitrogens with two attached hydrogens (primary N) is 1. The predicted octanol–water partition coefficient (Wildman–Crippen LogP) is 1.17. The first kappa shape index (κ1) is 12.8. The second-order valence-corrected chi connectivity index (χ2v) is 5.95. The molecule has 4 N–H and O–H groups in total. The van der Waals surface area contributed by atoms with Gasteiger partial charge in [-0.2, -0.15) is 0 Å². The summed E-state index contributed by atoms with van der Waals surface area (Å²) in [5.41, 5.74) is 6.51. The molecule has 1 fully saturated rings. The molecule has 0 spiro atoms. The molecule has 100 valence electrons. The lowest BCUT2D eigenvalue weighted by Crippen LogP contribution is -2.27. The molecule has 7 heteroatoms. The molecule has 2 atom stereocenters. The summed E-state index contributed by atoms with van der Waals surface area (Å²) in [6, 6.07) is 3.73. The van der Waals surface area contributed by atoms with Gasteiger partial charge in [0.1, 0.15) is 11.3 Å². The lowest BCUT2D eigenvalue weighted by molar-refractivity contribution is 0.0690. The summed E-state index contributed by atoms with van der Waals surface area (Å²) in [5, 5.41) is 19.2. The molecule has 0 radical (unpaired) electrons. The van der Waals surface area contributed by atoms with E-state index in [0.29, 0.717) is 22.9 Å². The van der Waals surface area contributed by atoms with Gasteiger partial charge in [-0.1, -0.05) is 6.07 Å². The smallest absolute Gasteiger partial charge is 0.526 e. The molecule has 1 aromatic rings. The molecule has 1 aliphatic carbocycles. The fraction of sp³-hybridized carbons (Fsp3) is 0.417. The highest BCUT2D eigenvalue weighted by atomic mass is 32.2. The van der Waals surface area contributed by atoms with E-state index in [1.54, 1.807) is 0 Å². The van der Waals surface area contributed by atoms with Gasteiger partial charge >= 0.3 is 13.1 Å². The molecule has 1 aromatic carbocycles. The van der Waals surface area contributed by atoms with Gasteiger partial charge in [0.25, 0.3) is 0 Å². The van der Waals surface area contributed by atoms with E-state index in [1.165, 1.54) is 11.8 Å². The Labute approximate surface area is 115 Å². The number of benzene rings is 1. The minimum Gasteiger partial charge on any atom is -0.535 e. The molecular weight excluding hydrogens is 265 g/mol. The number of hydrogen-bond donors (Lipinski definition) is 3. The minimum atomic E-state index is -1.03. The molecule has 1 aliphatic heterocycles. The molecule has 3 rings (SSSR count). The van der Waals surface area contributed by atoms with Crippen LogP contribution in [-0.2, 0) is 0 Å². The highest BCUT2D eigenvalue weighted by Gasteiger charge is 2.54. The van der Waals surface area contributed by atoms with Crippen molar-refractivity contribution < 1.29 is 19.6 Å². The first-order valence-corrected chi connectivity index (χ1v) is 7.19. The summed E-state index contributed by atoms with van der Waals surface area (Å²) >= 11 is 1.40. The third-order valence-corrected chi connectivity index (χ3v) is 4.67. The van der Waals surface area contributed by atoms with Crippen LogP contribution in [0.5, 0.6) is 5.75 Å². The number of thioether (sulfide) groups is 1. The number of hydrogen-bond acceptors (Lipinski definition) is 5. The van der Waals surface area contributed by atoms with Crippen molar-refractivity contribution in [1.82, 2.24) is 0 Å². The van der Waals surface area contributed by atoms with Gasteiger partial charge in [-0.15, -0.1) is 11.8 Å². The van der Waals surface area contributed by atoms with Gasteiger partial charge in [-0.05, 0) is 24.0 Å². The van der Waals surface area contributed by atoms with E-state index in [4.69, 9.17) is 10.4 Å². The molecule has 0 bridgehead atoms. The highest BCUT2D eigenvalue weighted by Crippen LogP contribution is 2.60. The monoisotopic (exact) mass is 279 g/mol. The second kappa shape index (κ2) is 4.74. The van der Waals surface area contributed by atoms with Gasteiger partial charge in [0.2, 0.25) is 0 Å². The summed E-state index contributed by atoms with van der Waals surface area (Å²) in [6.07, 6.45) is 0.864. The largest absolute Gasteiger partial charge is 0.535 e. The van der Waals surface area contributed by atoms with Gasteiger partial charge in [0.15, 0.2) is 0 Å². The molecule has 0 saturated heterocycles. The van der Waals surface area contributed by atoms with Gasteiger partial charge in [0.05, 0.1) is 0 Å². The summed E-state index contributed by atoms with van der Waals surface area (Å²) in [5.74, 6) is 0.318. The Bertz CT molecular complexity index is 539. The van der Waals surface area contributed by atoms with E-state index in [1.807, 2.05) is 12.1 Å².